The van der Waals surface area contributed by atoms with E-state index in [2.05, 4.69) is 34.7 Å². The lowest BCUT2D eigenvalue weighted by molar-refractivity contribution is 0.563. The number of aryl methyl sites for hydroxylation is 1. The minimum absolute atomic E-state index is 0.0470. The zero-order valence-electron chi connectivity index (χ0n) is 16.0. The van der Waals surface area contributed by atoms with E-state index in [1.807, 2.05) is 24.3 Å². The minimum atomic E-state index is -0.0470. The highest BCUT2D eigenvalue weighted by Gasteiger charge is 2.12. The molecule has 1 aromatic carbocycles. The molecule has 28 heavy (non-hydrogen) atoms. The Balaban J connectivity index is 1.58. The van der Waals surface area contributed by atoms with Gasteiger partial charge in [0.05, 0.1) is 16.7 Å². The maximum Gasteiger partial charge on any atom is 0.258 e. The molecule has 0 saturated heterocycles. The lowest BCUT2D eigenvalue weighted by Gasteiger charge is -2.09. The molecule has 0 amide bonds. The number of hydrogen-bond acceptors (Lipinski definition) is 4. The monoisotopic (exact) mass is 392 g/mol. The van der Waals surface area contributed by atoms with E-state index in [1.54, 1.807) is 28.4 Å². The van der Waals surface area contributed by atoms with E-state index in [-0.39, 0.29) is 5.56 Å². The van der Waals surface area contributed by atoms with Gasteiger partial charge in [0.15, 0.2) is 5.16 Å². The number of unbranched alkanes of at least 4 members (excludes halogenated alkanes) is 3. The number of aromatic nitrogens is 4. The predicted octanol–water partition coefficient (Wildman–Crippen LogP) is 4.92. The second-order valence-corrected chi connectivity index (χ2v) is 7.84. The fraction of sp³-hybridized carbons (Fsp3) is 0.318. The number of pyridine rings is 1. The lowest BCUT2D eigenvalue weighted by Crippen LogP contribution is -2.14. The van der Waals surface area contributed by atoms with E-state index in [9.17, 15) is 4.79 Å². The Morgan fingerprint density at radius 1 is 1.00 bits per heavy atom. The van der Waals surface area contributed by atoms with Gasteiger partial charge in [-0.25, -0.2) is 9.97 Å². The second kappa shape index (κ2) is 8.61. The van der Waals surface area contributed by atoms with E-state index in [0.717, 1.165) is 29.3 Å². The summed E-state index contributed by atoms with van der Waals surface area (Å²) in [6, 6.07) is 15.5. The van der Waals surface area contributed by atoms with Crippen LogP contribution in [-0.2, 0) is 12.3 Å². The third-order valence-corrected chi connectivity index (χ3v) is 5.84. The van der Waals surface area contributed by atoms with Crippen molar-refractivity contribution in [3.63, 3.8) is 0 Å². The van der Waals surface area contributed by atoms with Crippen LogP contribution in [0.25, 0.3) is 16.7 Å². The topological polar surface area (TPSA) is 52.2 Å². The van der Waals surface area contributed by atoms with Gasteiger partial charge in [0, 0.05) is 24.6 Å². The highest BCUT2D eigenvalue weighted by Crippen LogP contribution is 2.27. The molecule has 0 atom stereocenters. The van der Waals surface area contributed by atoms with Crippen molar-refractivity contribution in [2.24, 2.45) is 0 Å². The van der Waals surface area contributed by atoms with Crippen LogP contribution >= 0.6 is 11.8 Å². The number of thioether (sulfide) groups is 1. The number of para-hydroxylation sites is 2. The van der Waals surface area contributed by atoms with Crippen LogP contribution in [0.4, 0.5) is 0 Å². The molecular weight excluding hydrogens is 368 g/mol. The van der Waals surface area contributed by atoms with Crippen LogP contribution in [0.1, 0.15) is 38.3 Å². The average Bonchev–Trinajstić information content (AvgIpc) is 3.07. The fourth-order valence-corrected chi connectivity index (χ4v) is 4.33. The summed E-state index contributed by atoms with van der Waals surface area (Å²) in [5.41, 5.74) is 3.61. The minimum Gasteiger partial charge on any atom is -0.319 e. The van der Waals surface area contributed by atoms with Crippen molar-refractivity contribution < 1.29 is 0 Å². The number of benzene rings is 1. The molecule has 0 aliphatic carbocycles. The van der Waals surface area contributed by atoms with E-state index < -0.39 is 0 Å². The van der Waals surface area contributed by atoms with Crippen LogP contribution in [-0.4, -0.2) is 18.9 Å². The van der Waals surface area contributed by atoms with Crippen LogP contribution in [0.3, 0.4) is 0 Å². The quantitative estimate of drug-likeness (QED) is 0.316. The van der Waals surface area contributed by atoms with Gasteiger partial charge in [-0.05, 0) is 30.7 Å². The van der Waals surface area contributed by atoms with Crippen molar-refractivity contribution in [2.45, 2.75) is 50.1 Å². The third-order valence-electron chi connectivity index (χ3n) is 4.83. The van der Waals surface area contributed by atoms with E-state index >= 15 is 0 Å². The van der Waals surface area contributed by atoms with Crippen molar-refractivity contribution >= 4 is 28.4 Å². The number of hydrogen-bond donors (Lipinski definition) is 0. The second-order valence-electron chi connectivity index (χ2n) is 6.90. The first-order chi connectivity index (χ1) is 13.8. The maximum absolute atomic E-state index is 12.3. The molecule has 0 aliphatic rings. The van der Waals surface area contributed by atoms with Gasteiger partial charge in [-0.15, -0.1) is 0 Å². The molecule has 4 rings (SSSR count). The molecule has 0 unspecified atom stereocenters. The van der Waals surface area contributed by atoms with Gasteiger partial charge in [0.1, 0.15) is 5.65 Å². The van der Waals surface area contributed by atoms with Crippen LogP contribution in [0.2, 0.25) is 0 Å². The molecule has 0 radical (unpaired) electrons. The standard InChI is InChI=1S/C22H24N4OS/c1-2-3-4-8-13-25-19-11-6-5-10-18(19)24-22(25)28-16-17-15-21(27)26-14-9-7-12-20(26)23-17/h5-7,9-12,14-15H,2-4,8,13,16H2,1H3. The fourth-order valence-electron chi connectivity index (χ4n) is 3.39. The molecule has 3 aromatic heterocycles. The Hall–Kier alpha value is -2.60. The van der Waals surface area contributed by atoms with Gasteiger partial charge >= 0.3 is 0 Å². The first kappa shape index (κ1) is 18.7. The average molecular weight is 393 g/mol. The molecule has 4 aromatic rings. The third kappa shape index (κ3) is 3.97. The molecule has 0 N–H and O–H groups in total. The molecule has 6 heteroatoms. The van der Waals surface area contributed by atoms with Gasteiger partial charge in [0.2, 0.25) is 0 Å². The summed E-state index contributed by atoms with van der Waals surface area (Å²) in [5, 5.41) is 0.993. The number of fused-ring (bicyclic) bond motifs is 2. The van der Waals surface area contributed by atoms with Crippen molar-refractivity contribution in [1.29, 1.82) is 0 Å². The molecule has 0 aliphatic heterocycles. The predicted molar refractivity (Wildman–Crippen MR) is 115 cm³/mol. The number of imidazole rings is 1. The highest BCUT2D eigenvalue weighted by molar-refractivity contribution is 7.98. The molecule has 0 fully saturated rings. The Labute approximate surface area is 168 Å². The van der Waals surface area contributed by atoms with Crippen LogP contribution in [0.15, 0.2) is 64.7 Å². The first-order valence-corrected chi connectivity index (χ1v) is 10.8. The highest BCUT2D eigenvalue weighted by atomic mass is 32.2. The Morgan fingerprint density at radius 3 is 2.75 bits per heavy atom. The number of rotatable bonds is 8. The van der Waals surface area contributed by atoms with Gasteiger partial charge in [-0.1, -0.05) is 56.1 Å². The normalized spacial score (nSPS) is 11.5. The van der Waals surface area contributed by atoms with Gasteiger partial charge in [-0.3, -0.25) is 9.20 Å². The summed E-state index contributed by atoms with van der Waals surface area (Å²) in [4.78, 5) is 21.8. The summed E-state index contributed by atoms with van der Waals surface area (Å²) >= 11 is 1.65. The first-order valence-electron chi connectivity index (χ1n) is 9.81. The van der Waals surface area contributed by atoms with Crippen LogP contribution in [0, 0.1) is 0 Å². The van der Waals surface area contributed by atoms with Crippen molar-refractivity contribution in [2.75, 3.05) is 0 Å². The largest absolute Gasteiger partial charge is 0.319 e. The van der Waals surface area contributed by atoms with E-state index in [4.69, 9.17) is 4.98 Å². The van der Waals surface area contributed by atoms with Crippen LogP contribution < -0.4 is 5.56 Å². The van der Waals surface area contributed by atoms with Gasteiger partial charge in [0.25, 0.3) is 5.56 Å². The van der Waals surface area contributed by atoms with Gasteiger partial charge in [-0.2, -0.15) is 0 Å². The molecule has 0 spiro atoms. The summed E-state index contributed by atoms with van der Waals surface area (Å²) < 4.78 is 3.88. The van der Waals surface area contributed by atoms with Crippen molar-refractivity contribution in [1.82, 2.24) is 18.9 Å². The SMILES string of the molecule is CCCCCCn1c(SCc2cc(=O)n3ccccc3n2)nc2ccccc21. The molecule has 144 valence electrons. The zero-order valence-corrected chi connectivity index (χ0v) is 16.9. The van der Waals surface area contributed by atoms with E-state index in [1.165, 1.54) is 24.8 Å². The lowest BCUT2D eigenvalue weighted by atomic mass is 10.2. The van der Waals surface area contributed by atoms with E-state index in [0.29, 0.717) is 11.4 Å². The maximum atomic E-state index is 12.3. The molecule has 0 saturated carbocycles. The molecular formula is C22H24N4OS. The number of nitrogens with zero attached hydrogens (tertiary/aromatic N) is 4. The summed E-state index contributed by atoms with van der Waals surface area (Å²) in [6.45, 7) is 3.20. The molecule has 0 bridgehead atoms. The zero-order chi connectivity index (χ0) is 19.3. The van der Waals surface area contributed by atoms with Crippen molar-refractivity contribution in [3.8, 4) is 0 Å². The van der Waals surface area contributed by atoms with Crippen LogP contribution in [0.5, 0.6) is 0 Å². The Morgan fingerprint density at radius 2 is 1.86 bits per heavy atom. The summed E-state index contributed by atoms with van der Waals surface area (Å²) in [5.74, 6) is 0.624. The molecule has 5 nitrogen and oxygen atoms in total. The summed E-state index contributed by atoms with van der Waals surface area (Å²) in [6.07, 6.45) is 6.63. The Kier molecular flexibility index (Phi) is 5.76. The Bertz CT molecular complexity index is 1150. The van der Waals surface area contributed by atoms with Crippen molar-refractivity contribution in [3.05, 3.63) is 70.8 Å². The van der Waals surface area contributed by atoms with Gasteiger partial charge < -0.3 is 4.57 Å². The molecule has 3 heterocycles. The summed E-state index contributed by atoms with van der Waals surface area (Å²) in [7, 11) is 0. The smallest absolute Gasteiger partial charge is 0.258 e.